The standard InChI is InChI=1S/C43H65N5O7S/c1-11-28(3)38-41(52)48-23-13-15-34(48)42(53)55-35(43(5,6)7)24-27(2)14-12-16-37-44-31(26-56-37)19-22-36(49)45-33(25-30-17-20-32(54-10)21-18-30)40(51)46(8)29(4)39(50)47(38)9/h12,16-18,20-21,27-29,31,33-35,38H,11,13-15,19,22-26H2,1-10H3,(H,45,49)/b16-12-/t27-,28-,29-,31-,33-,34-,35-,38-/m0/s1. The second-order valence-corrected chi connectivity index (χ2v) is 18.0. The average Bonchev–Trinajstić information content (AvgIpc) is 3.85. The Morgan fingerprint density at radius 2 is 1.70 bits per heavy atom. The number of thioether (sulfide) groups is 1. The van der Waals surface area contributed by atoms with E-state index >= 15 is 0 Å². The van der Waals surface area contributed by atoms with Crippen molar-refractivity contribution < 1.29 is 33.4 Å². The van der Waals surface area contributed by atoms with Crippen LogP contribution in [0.2, 0.25) is 0 Å². The van der Waals surface area contributed by atoms with Crippen LogP contribution >= 0.6 is 11.8 Å². The number of fused-ring (bicyclic) bond motifs is 2. The number of rotatable bonds is 5. The molecular formula is C43H65N5O7S. The van der Waals surface area contributed by atoms with Crippen LogP contribution in [-0.4, -0.2) is 119 Å². The maximum absolute atomic E-state index is 14.5. The van der Waals surface area contributed by atoms with Crippen LogP contribution in [0, 0.1) is 17.3 Å². The number of methoxy groups -OCH3 is 1. The van der Waals surface area contributed by atoms with Crippen molar-refractivity contribution in [2.24, 2.45) is 22.2 Å². The van der Waals surface area contributed by atoms with Gasteiger partial charge in [0.25, 0.3) is 0 Å². The van der Waals surface area contributed by atoms with Crippen LogP contribution < -0.4 is 10.1 Å². The van der Waals surface area contributed by atoms with E-state index in [0.29, 0.717) is 44.4 Å². The Bertz CT molecular complexity index is 1610. The fraction of sp³-hybridized carbons (Fsp3) is 0.674. The van der Waals surface area contributed by atoms with Crippen molar-refractivity contribution >= 4 is 46.4 Å². The highest BCUT2D eigenvalue weighted by Gasteiger charge is 2.44. The molecule has 12 nitrogen and oxygen atoms in total. The molecule has 0 radical (unpaired) electrons. The van der Waals surface area contributed by atoms with Gasteiger partial charge >= 0.3 is 5.97 Å². The van der Waals surface area contributed by atoms with E-state index in [2.05, 4.69) is 39.1 Å². The van der Waals surface area contributed by atoms with E-state index in [4.69, 9.17) is 14.5 Å². The van der Waals surface area contributed by atoms with E-state index < -0.39 is 42.0 Å². The molecule has 3 heterocycles. The van der Waals surface area contributed by atoms with Gasteiger partial charge in [0.2, 0.25) is 23.6 Å². The monoisotopic (exact) mass is 795 g/mol. The summed E-state index contributed by atoms with van der Waals surface area (Å²) in [6, 6.07) is 3.76. The van der Waals surface area contributed by atoms with Gasteiger partial charge in [0, 0.05) is 39.2 Å². The normalized spacial score (nSPS) is 29.5. The number of hydrogen-bond donors (Lipinski definition) is 1. The fourth-order valence-electron chi connectivity index (χ4n) is 7.59. The van der Waals surface area contributed by atoms with Gasteiger partial charge in [0.15, 0.2) is 0 Å². The summed E-state index contributed by atoms with van der Waals surface area (Å²) in [5.41, 5.74) is 0.491. The van der Waals surface area contributed by atoms with Gasteiger partial charge in [-0.25, -0.2) is 4.79 Å². The number of hydrogen-bond acceptors (Lipinski definition) is 9. The Labute approximate surface area is 338 Å². The number of benzene rings is 1. The molecule has 0 unspecified atom stereocenters. The molecule has 8 atom stereocenters. The smallest absolute Gasteiger partial charge is 0.329 e. The van der Waals surface area contributed by atoms with Crippen molar-refractivity contribution in [2.45, 2.75) is 136 Å². The van der Waals surface area contributed by atoms with Crippen LogP contribution in [0.3, 0.4) is 0 Å². The lowest BCUT2D eigenvalue weighted by atomic mass is 9.83. The highest BCUT2D eigenvalue weighted by atomic mass is 32.2. The van der Waals surface area contributed by atoms with Crippen LogP contribution in [0.4, 0.5) is 0 Å². The van der Waals surface area contributed by atoms with Crippen molar-refractivity contribution in [3.8, 4) is 5.75 Å². The highest BCUT2D eigenvalue weighted by Crippen LogP contribution is 2.32. The number of amides is 4. The SMILES string of the molecule is CC[C@H](C)[C@H]1C(=O)N2CCC[C@H]2C(=O)O[C@H](C(C)(C)C)C[C@@H](C)C/C=C\C2=N[C@@H](CCC(=O)N[C@@H](Cc3ccc(OC)cc3)C(=O)N(C)[C@@H](C)C(=O)N1C)CS2. The van der Waals surface area contributed by atoms with Crippen molar-refractivity contribution in [1.29, 1.82) is 0 Å². The number of nitrogens with zero attached hydrogens (tertiary/aromatic N) is 4. The van der Waals surface area contributed by atoms with Crippen molar-refractivity contribution in [1.82, 2.24) is 20.0 Å². The zero-order chi connectivity index (χ0) is 41.3. The summed E-state index contributed by atoms with van der Waals surface area (Å²) in [5.74, 6) is -0.393. The number of allylic oxidation sites excluding steroid dienone is 1. The van der Waals surface area contributed by atoms with E-state index in [1.807, 2.05) is 32.1 Å². The lowest BCUT2D eigenvalue weighted by Crippen LogP contribution is -2.59. The summed E-state index contributed by atoms with van der Waals surface area (Å²) in [6.45, 7) is 14.3. The first kappa shape index (κ1) is 44.8. The quantitative estimate of drug-likeness (QED) is 0.377. The van der Waals surface area contributed by atoms with Crippen molar-refractivity contribution in [3.63, 3.8) is 0 Å². The first-order chi connectivity index (χ1) is 26.4. The van der Waals surface area contributed by atoms with E-state index in [0.717, 1.165) is 22.8 Å². The predicted octanol–water partition coefficient (Wildman–Crippen LogP) is 5.67. The summed E-state index contributed by atoms with van der Waals surface area (Å²) in [4.78, 5) is 79.7. The third kappa shape index (κ3) is 11.6. The van der Waals surface area contributed by atoms with Gasteiger partial charge in [-0.1, -0.05) is 66.2 Å². The number of carbonyl (C=O) groups excluding carboxylic acids is 5. The fourth-order valence-corrected chi connectivity index (χ4v) is 8.61. The third-order valence-electron chi connectivity index (χ3n) is 11.6. The molecule has 4 amide bonds. The van der Waals surface area contributed by atoms with E-state index in [1.54, 1.807) is 56.9 Å². The lowest BCUT2D eigenvalue weighted by molar-refractivity contribution is -0.166. The summed E-state index contributed by atoms with van der Waals surface area (Å²) >= 11 is 1.66. The largest absolute Gasteiger partial charge is 0.497 e. The maximum Gasteiger partial charge on any atom is 0.329 e. The van der Waals surface area contributed by atoms with Crippen LogP contribution in [0.25, 0.3) is 0 Å². The van der Waals surface area contributed by atoms with Gasteiger partial charge in [-0.05, 0) is 80.1 Å². The minimum absolute atomic E-state index is 0.0232. The molecular weight excluding hydrogens is 731 g/mol. The van der Waals surface area contributed by atoms with E-state index in [1.165, 1.54) is 9.80 Å². The Morgan fingerprint density at radius 3 is 2.34 bits per heavy atom. The van der Waals surface area contributed by atoms with Crippen LogP contribution in [0.15, 0.2) is 41.4 Å². The molecule has 0 aromatic heterocycles. The Hall–Kier alpha value is -3.87. The van der Waals surface area contributed by atoms with Crippen LogP contribution in [-0.2, 0) is 35.1 Å². The molecule has 310 valence electrons. The Balaban J connectivity index is 1.67. The molecule has 1 fully saturated rings. The third-order valence-corrected chi connectivity index (χ3v) is 12.7. The van der Waals surface area contributed by atoms with Gasteiger partial charge in [-0.3, -0.25) is 24.2 Å². The summed E-state index contributed by atoms with van der Waals surface area (Å²) < 4.78 is 11.6. The van der Waals surface area contributed by atoms with Gasteiger partial charge in [-0.15, -0.1) is 11.8 Å². The molecule has 4 rings (SSSR count). The Kier molecular flexibility index (Phi) is 16.0. The van der Waals surface area contributed by atoms with E-state index in [9.17, 15) is 24.0 Å². The van der Waals surface area contributed by atoms with Gasteiger partial charge in [-0.2, -0.15) is 0 Å². The number of carbonyl (C=O) groups is 5. The molecule has 0 saturated carbocycles. The number of aliphatic imine (C=N–C) groups is 1. The van der Waals surface area contributed by atoms with Crippen LogP contribution in [0.5, 0.6) is 5.75 Å². The summed E-state index contributed by atoms with van der Waals surface area (Å²) in [5, 5.41) is 3.89. The molecule has 1 aromatic rings. The predicted molar refractivity (Wildman–Crippen MR) is 221 cm³/mol. The first-order valence-electron chi connectivity index (χ1n) is 20.3. The highest BCUT2D eigenvalue weighted by molar-refractivity contribution is 8.14. The average molecular weight is 796 g/mol. The maximum atomic E-state index is 14.5. The number of esters is 1. The second-order valence-electron chi connectivity index (χ2n) is 17.0. The topological polar surface area (TPSA) is 138 Å². The molecule has 1 N–H and O–H groups in total. The molecule has 1 saturated heterocycles. The molecule has 2 bridgehead atoms. The molecule has 13 heteroatoms. The molecule has 56 heavy (non-hydrogen) atoms. The molecule has 1 aromatic carbocycles. The number of cyclic esters (lactones) is 1. The van der Waals surface area contributed by atoms with E-state index in [-0.39, 0.29) is 54.1 Å². The molecule has 0 spiro atoms. The summed E-state index contributed by atoms with van der Waals surface area (Å²) in [7, 11) is 4.73. The van der Waals surface area contributed by atoms with Gasteiger partial charge in [0.05, 0.1) is 18.2 Å². The number of nitrogens with one attached hydrogen (secondary N) is 1. The zero-order valence-corrected chi connectivity index (χ0v) is 36.0. The minimum Gasteiger partial charge on any atom is -0.497 e. The molecule has 3 aliphatic heterocycles. The molecule has 0 aliphatic carbocycles. The van der Waals surface area contributed by atoms with Crippen LogP contribution in [0.1, 0.15) is 99.0 Å². The van der Waals surface area contributed by atoms with Gasteiger partial charge < -0.3 is 29.5 Å². The second kappa shape index (κ2) is 20.0. The first-order valence-corrected chi connectivity index (χ1v) is 21.3. The Morgan fingerprint density at radius 1 is 1.00 bits per heavy atom. The van der Waals surface area contributed by atoms with Gasteiger partial charge in [0.1, 0.15) is 36.0 Å². The van der Waals surface area contributed by atoms with Crippen molar-refractivity contribution in [3.05, 3.63) is 42.0 Å². The summed E-state index contributed by atoms with van der Waals surface area (Å²) in [6.07, 6.45) is 7.91. The lowest BCUT2D eigenvalue weighted by Gasteiger charge is -2.39. The van der Waals surface area contributed by atoms with Crippen molar-refractivity contribution in [2.75, 3.05) is 33.5 Å². The minimum atomic E-state index is -0.957. The number of ether oxygens (including phenoxy) is 2. The molecule has 3 aliphatic rings. The zero-order valence-electron chi connectivity index (χ0n) is 35.2. The number of likely N-dealkylation sites (N-methyl/N-ethyl adjacent to an activating group) is 2.